The van der Waals surface area contributed by atoms with Gasteiger partial charge in [-0.25, -0.2) is 0 Å². The summed E-state index contributed by atoms with van der Waals surface area (Å²) in [6.07, 6.45) is 4.34. The molecule has 0 bridgehead atoms. The standard InChI is InChI=1S/C20H32N2O/c1-4-17(5-2)20(23)21-15-19(18-9-7-6-8-10-18)22-13-11-16(3)12-14-22/h6-10,16-17,19H,4-5,11-15H2,1-3H3,(H,21,23). The van der Waals surface area contributed by atoms with Crippen molar-refractivity contribution in [1.29, 1.82) is 0 Å². The second kappa shape index (κ2) is 9.07. The van der Waals surface area contributed by atoms with E-state index in [0.29, 0.717) is 12.6 Å². The molecule has 1 N–H and O–H groups in total. The lowest BCUT2D eigenvalue weighted by Gasteiger charge is -2.37. The normalized spacial score (nSPS) is 18.1. The number of hydrogen-bond donors (Lipinski definition) is 1. The maximum Gasteiger partial charge on any atom is 0.223 e. The van der Waals surface area contributed by atoms with Crippen LogP contribution in [0.3, 0.4) is 0 Å². The molecule has 1 aromatic rings. The summed E-state index contributed by atoms with van der Waals surface area (Å²) in [6, 6.07) is 10.9. The van der Waals surface area contributed by atoms with Crippen molar-refractivity contribution in [3.05, 3.63) is 35.9 Å². The molecule has 0 saturated carbocycles. The van der Waals surface area contributed by atoms with Gasteiger partial charge in [0.25, 0.3) is 0 Å². The molecule has 3 heteroatoms. The Morgan fingerprint density at radius 1 is 1.17 bits per heavy atom. The molecule has 1 heterocycles. The topological polar surface area (TPSA) is 32.3 Å². The van der Waals surface area contributed by atoms with E-state index in [1.165, 1.54) is 18.4 Å². The van der Waals surface area contributed by atoms with Crippen LogP contribution in [-0.4, -0.2) is 30.4 Å². The molecule has 1 amide bonds. The summed E-state index contributed by atoms with van der Waals surface area (Å²) in [7, 11) is 0. The number of benzene rings is 1. The molecular weight excluding hydrogens is 284 g/mol. The van der Waals surface area contributed by atoms with Gasteiger partial charge in [-0.15, -0.1) is 0 Å². The highest BCUT2D eigenvalue weighted by atomic mass is 16.1. The van der Waals surface area contributed by atoms with Crippen LogP contribution < -0.4 is 5.32 Å². The van der Waals surface area contributed by atoms with Crippen LogP contribution in [0.1, 0.15) is 58.1 Å². The first-order valence-corrected chi connectivity index (χ1v) is 9.22. The smallest absolute Gasteiger partial charge is 0.223 e. The van der Waals surface area contributed by atoms with Gasteiger partial charge in [-0.05, 0) is 50.3 Å². The Morgan fingerprint density at radius 2 is 1.78 bits per heavy atom. The first-order valence-electron chi connectivity index (χ1n) is 9.22. The van der Waals surface area contributed by atoms with Crippen LogP contribution in [-0.2, 0) is 4.79 Å². The van der Waals surface area contributed by atoms with Gasteiger partial charge >= 0.3 is 0 Å². The van der Waals surface area contributed by atoms with Crippen LogP contribution in [0.25, 0.3) is 0 Å². The quantitative estimate of drug-likeness (QED) is 0.824. The molecule has 1 saturated heterocycles. The molecule has 23 heavy (non-hydrogen) atoms. The molecule has 1 aliphatic heterocycles. The molecule has 1 aromatic carbocycles. The van der Waals surface area contributed by atoms with Gasteiger partial charge in [0.2, 0.25) is 5.91 Å². The van der Waals surface area contributed by atoms with Crippen molar-refractivity contribution in [3.63, 3.8) is 0 Å². The Labute approximate surface area is 141 Å². The number of nitrogens with one attached hydrogen (secondary N) is 1. The van der Waals surface area contributed by atoms with Gasteiger partial charge in [0.15, 0.2) is 0 Å². The van der Waals surface area contributed by atoms with Crippen molar-refractivity contribution in [2.24, 2.45) is 11.8 Å². The SMILES string of the molecule is CCC(CC)C(=O)NCC(c1ccccc1)N1CCC(C)CC1. The molecule has 128 valence electrons. The summed E-state index contributed by atoms with van der Waals surface area (Å²) in [4.78, 5) is 14.9. The van der Waals surface area contributed by atoms with Crippen molar-refractivity contribution in [1.82, 2.24) is 10.2 Å². The van der Waals surface area contributed by atoms with Crippen molar-refractivity contribution < 1.29 is 4.79 Å². The highest BCUT2D eigenvalue weighted by Crippen LogP contribution is 2.26. The molecule has 0 radical (unpaired) electrons. The van der Waals surface area contributed by atoms with Gasteiger partial charge in [-0.3, -0.25) is 9.69 Å². The van der Waals surface area contributed by atoms with Crippen LogP contribution in [0.5, 0.6) is 0 Å². The highest BCUT2D eigenvalue weighted by Gasteiger charge is 2.25. The third kappa shape index (κ3) is 5.07. The number of piperidine rings is 1. The van der Waals surface area contributed by atoms with Crippen LogP contribution in [0, 0.1) is 11.8 Å². The fourth-order valence-corrected chi connectivity index (χ4v) is 3.47. The van der Waals surface area contributed by atoms with Crippen LogP contribution in [0.15, 0.2) is 30.3 Å². The number of amides is 1. The first-order chi connectivity index (χ1) is 11.2. The number of likely N-dealkylation sites (tertiary alicyclic amines) is 1. The molecule has 1 atom stereocenters. The molecule has 3 nitrogen and oxygen atoms in total. The van der Waals surface area contributed by atoms with Gasteiger partial charge in [0.05, 0.1) is 6.04 Å². The van der Waals surface area contributed by atoms with Crippen molar-refractivity contribution in [2.75, 3.05) is 19.6 Å². The Morgan fingerprint density at radius 3 is 2.35 bits per heavy atom. The Kier molecular flexibility index (Phi) is 7.10. The number of carbonyl (C=O) groups excluding carboxylic acids is 1. The second-order valence-electron chi connectivity index (χ2n) is 6.90. The van der Waals surface area contributed by atoms with Crippen LogP contribution in [0.4, 0.5) is 0 Å². The average molecular weight is 316 g/mol. The third-order valence-electron chi connectivity index (χ3n) is 5.27. The van der Waals surface area contributed by atoms with E-state index in [2.05, 4.69) is 61.3 Å². The Balaban J connectivity index is 2.04. The van der Waals surface area contributed by atoms with E-state index in [-0.39, 0.29) is 11.8 Å². The molecule has 1 unspecified atom stereocenters. The van der Waals surface area contributed by atoms with Crippen molar-refractivity contribution >= 4 is 5.91 Å². The van der Waals surface area contributed by atoms with E-state index in [0.717, 1.165) is 31.8 Å². The highest BCUT2D eigenvalue weighted by molar-refractivity contribution is 5.78. The maximum absolute atomic E-state index is 12.3. The molecule has 2 rings (SSSR count). The predicted octanol–water partition coefficient (Wildman–Crippen LogP) is 4.01. The van der Waals surface area contributed by atoms with E-state index < -0.39 is 0 Å². The third-order valence-corrected chi connectivity index (χ3v) is 5.27. The van der Waals surface area contributed by atoms with E-state index in [9.17, 15) is 4.79 Å². The van der Waals surface area contributed by atoms with E-state index in [4.69, 9.17) is 0 Å². The predicted molar refractivity (Wildman–Crippen MR) is 96.2 cm³/mol. The summed E-state index contributed by atoms with van der Waals surface area (Å²) in [5.74, 6) is 1.18. The van der Waals surface area contributed by atoms with E-state index in [1.54, 1.807) is 0 Å². The minimum atomic E-state index is 0.146. The fourth-order valence-electron chi connectivity index (χ4n) is 3.47. The van der Waals surface area contributed by atoms with Gasteiger partial charge in [-0.2, -0.15) is 0 Å². The van der Waals surface area contributed by atoms with Gasteiger partial charge < -0.3 is 5.32 Å². The lowest BCUT2D eigenvalue weighted by molar-refractivity contribution is -0.125. The number of hydrogen-bond acceptors (Lipinski definition) is 2. The molecular formula is C20H32N2O. The largest absolute Gasteiger partial charge is 0.354 e. The molecule has 0 spiro atoms. The summed E-state index contributed by atoms with van der Waals surface area (Å²) in [5, 5.41) is 3.21. The molecule has 1 fully saturated rings. The fraction of sp³-hybridized carbons (Fsp3) is 0.650. The number of carbonyl (C=O) groups is 1. The zero-order valence-corrected chi connectivity index (χ0v) is 14.9. The average Bonchev–Trinajstić information content (AvgIpc) is 2.58. The lowest BCUT2D eigenvalue weighted by atomic mass is 9.95. The second-order valence-corrected chi connectivity index (χ2v) is 6.90. The zero-order chi connectivity index (χ0) is 16.7. The zero-order valence-electron chi connectivity index (χ0n) is 14.9. The number of rotatable bonds is 7. The maximum atomic E-state index is 12.3. The summed E-state index contributed by atoms with van der Waals surface area (Å²) in [5.41, 5.74) is 1.31. The van der Waals surface area contributed by atoms with Gasteiger partial charge in [0, 0.05) is 12.5 Å². The summed E-state index contributed by atoms with van der Waals surface area (Å²) < 4.78 is 0. The van der Waals surface area contributed by atoms with Crippen LogP contribution in [0.2, 0.25) is 0 Å². The monoisotopic (exact) mass is 316 g/mol. The lowest BCUT2D eigenvalue weighted by Crippen LogP contribution is -2.43. The first kappa shape index (κ1) is 18.0. The number of nitrogens with zero attached hydrogens (tertiary/aromatic N) is 1. The minimum absolute atomic E-state index is 0.146. The van der Waals surface area contributed by atoms with Crippen molar-refractivity contribution in [3.8, 4) is 0 Å². The molecule has 0 aromatic heterocycles. The summed E-state index contributed by atoms with van der Waals surface area (Å²) >= 11 is 0. The van der Waals surface area contributed by atoms with Crippen molar-refractivity contribution in [2.45, 2.75) is 52.5 Å². The Bertz CT molecular complexity index is 462. The minimum Gasteiger partial charge on any atom is -0.354 e. The Hall–Kier alpha value is -1.35. The molecule has 1 aliphatic rings. The van der Waals surface area contributed by atoms with Crippen LogP contribution >= 0.6 is 0 Å². The summed E-state index contributed by atoms with van der Waals surface area (Å²) in [6.45, 7) is 9.49. The molecule has 0 aliphatic carbocycles. The van der Waals surface area contributed by atoms with Gasteiger partial charge in [-0.1, -0.05) is 51.1 Å². The van der Waals surface area contributed by atoms with E-state index >= 15 is 0 Å². The van der Waals surface area contributed by atoms with E-state index in [1.807, 2.05) is 0 Å². The van der Waals surface area contributed by atoms with Gasteiger partial charge in [0.1, 0.15) is 0 Å².